The Balaban J connectivity index is 1.94. The predicted octanol–water partition coefficient (Wildman–Crippen LogP) is 2.66. The number of likely N-dealkylation sites (tertiary alicyclic amines) is 1. The van der Waals surface area contributed by atoms with E-state index in [0.29, 0.717) is 42.8 Å². The van der Waals surface area contributed by atoms with Crippen LogP contribution in [0.2, 0.25) is 0 Å². The highest BCUT2D eigenvalue weighted by atomic mass is 32.2. The van der Waals surface area contributed by atoms with Gasteiger partial charge in [-0.3, -0.25) is 9.78 Å². The monoisotopic (exact) mass is 417 g/mol. The van der Waals surface area contributed by atoms with Crippen LogP contribution in [0.25, 0.3) is 11.1 Å². The van der Waals surface area contributed by atoms with Crippen LogP contribution in [0.15, 0.2) is 35.5 Å². The minimum absolute atomic E-state index is 0.0216. The Hall–Kier alpha value is -2.45. The van der Waals surface area contributed by atoms with E-state index in [1.165, 1.54) is 6.92 Å². The van der Waals surface area contributed by atoms with E-state index in [0.717, 1.165) is 11.1 Å². The number of rotatable bonds is 5. The molecule has 1 N–H and O–H groups in total. The van der Waals surface area contributed by atoms with Crippen molar-refractivity contribution in [1.82, 2.24) is 14.6 Å². The third kappa shape index (κ3) is 4.76. The lowest BCUT2D eigenvalue weighted by atomic mass is 10.0. The Morgan fingerprint density at radius 1 is 1.14 bits per heavy atom. The van der Waals surface area contributed by atoms with Crippen molar-refractivity contribution in [2.75, 3.05) is 20.2 Å². The number of aryl methyl sites for hydroxylation is 2. The normalized spacial score (nSPS) is 15.4. The number of hydrogen-bond donors (Lipinski definition) is 1. The third-order valence-electron chi connectivity index (χ3n) is 5.41. The molecule has 0 atom stereocenters. The topological polar surface area (TPSA) is 88.6 Å². The van der Waals surface area contributed by atoms with Crippen LogP contribution in [-0.2, 0) is 14.8 Å². The second-order valence-corrected chi connectivity index (χ2v) is 9.13. The minimum atomic E-state index is -3.76. The summed E-state index contributed by atoms with van der Waals surface area (Å²) < 4.78 is 34.7. The fourth-order valence-electron chi connectivity index (χ4n) is 3.51. The van der Waals surface area contributed by atoms with Gasteiger partial charge >= 0.3 is 0 Å². The van der Waals surface area contributed by atoms with E-state index >= 15 is 0 Å². The first-order chi connectivity index (χ1) is 13.7. The first-order valence-corrected chi connectivity index (χ1v) is 11.1. The molecule has 1 fully saturated rings. The number of benzene rings is 1. The molecule has 1 saturated heterocycles. The van der Waals surface area contributed by atoms with Crippen LogP contribution in [-0.4, -0.2) is 50.5 Å². The van der Waals surface area contributed by atoms with Gasteiger partial charge in [-0.05, 0) is 56.0 Å². The Morgan fingerprint density at radius 2 is 1.79 bits per heavy atom. The van der Waals surface area contributed by atoms with Gasteiger partial charge in [0.1, 0.15) is 5.75 Å². The third-order valence-corrected chi connectivity index (χ3v) is 6.97. The van der Waals surface area contributed by atoms with Gasteiger partial charge in [0.15, 0.2) is 0 Å². The number of pyridine rings is 1. The van der Waals surface area contributed by atoms with Crippen LogP contribution >= 0.6 is 0 Å². The van der Waals surface area contributed by atoms with E-state index in [4.69, 9.17) is 4.74 Å². The maximum atomic E-state index is 13.3. The largest absolute Gasteiger partial charge is 0.495 e. The lowest BCUT2D eigenvalue weighted by Crippen LogP contribution is -2.46. The zero-order chi connectivity index (χ0) is 21.2. The van der Waals surface area contributed by atoms with E-state index in [9.17, 15) is 13.2 Å². The van der Waals surface area contributed by atoms with Crippen LogP contribution in [0.4, 0.5) is 0 Å². The van der Waals surface area contributed by atoms with Gasteiger partial charge in [0.05, 0.1) is 18.2 Å². The van der Waals surface area contributed by atoms with Crippen LogP contribution in [0, 0.1) is 13.8 Å². The number of carbonyl (C=O) groups excluding carboxylic acids is 1. The molecule has 1 aromatic carbocycles. The molecule has 1 aromatic heterocycles. The number of sulfonamides is 1. The van der Waals surface area contributed by atoms with Gasteiger partial charge in [-0.1, -0.05) is 0 Å². The Kier molecular flexibility index (Phi) is 6.24. The first-order valence-electron chi connectivity index (χ1n) is 9.60. The number of hydrogen-bond acceptors (Lipinski definition) is 5. The highest BCUT2D eigenvalue weighted by Crippen LogP contribution is 2.32. The van der Waals surface area contributed by atoms with Crippen molar-refractivity contribution in [3.8, 4) is 16.9 Å². The fraction of sp³-hybridized carbons (Fsp3) is 0.429. The lowest BCUT2D eigenvalue weighted by Gasteiger charge is -2.31. The second-order valence-electron chi connectivity index (χ2n) is 7.45. The number of methoxy groups -OCH3 is 1. The average molecular weight is 418 g/mol. The fourth-order valence-corrected chi connectivity index (χ4v) is 5.11. The predicted molar refractivity (Wildman–Crippen MR) is 111 cm³/mol. The van der Waals surface area contributed by atoms with Crippen LogP contribution in [0.3, 0.4) is 0 Å². The molecule has 0 radical (unpaired) electrons. The standard InChI is InChI=1S/C21H27N3O4S/c1-14-9-20(17-11-19(28-4)13-22-12-17)21(10-15(14)2)29(26,27)23-18-5-7-24(8-6-18)16(3)25/h9-13,18,23H,5-8H2,1-4H3. The van der Waals surface area contributed by atoms with Crippen molar-refractivity contribution in [2.24, 2.45) is 0 Å². The summed E-state index contributed by atoms with van der Waals surface area (Å²) in [5, 5.41) is 0. The summed E-state index contributed by atoms with van der Waals surface area (Å²) in [6.45, 7) is 6.50. The SMILES string of the molecule is COc1cncc(-c2cc(C)c(C)cc2S(=O)(=O)NC2CCN(C(C)=O)CC2)c1. The van der Waals surface area contributed by atoms with Crippen molar-refractivity contribution >= 4 is 15.9 Å². The molecule has 1 aliphatic rings. The number of amides is 1. The molecule has 8 heteroatoms. The summed E-state index contributed by atoms with van der Waals surface area (Å²) in [5.74, 6) is 0.585. The zero-order valence-electron chi connectivity index (χ0n) is 17.2. The molecule has 2 heterocycles. The molecular formula is C21H27N3O4S. The number of carbonyl (C=O) groups is 1. The second kappa shape index (κ2) is 8.51. The molecular weight excluding hydrogens is 390 g/mol. The van der Waals surface area contributed by atoms with Gasteiger partial charge < -0.3 is 9.64 Å². The summed E-state index contributed by atoms with van der Waals surface area (Å²) in [7, 11) is -2.21. The van der Waals surface area contributed by atoms with Gasteiger partial charge in [-0.2, -0.15) is 0 Å². The molecule has 7 nitrogen and oxygen atoms in total. The summed E-state index contributed by atoms with van der Waals surface area (Å²) in [6, 6.07) is 5.16. The van der Waals surface area contributed by atoms with E-state index in [1.54, 1.807) is 36.5 Å². The zero-order valence-corrected chi connectivity index (χ0v) is 18.0. The van der Waals surface area contributed by atoms with E-state index in [-0.39, 0.29) is 16.8 Å². The maximum absolute atomic E-state index is 13.3. The maximum Gasteiger partial charge on any atom is 0.241 e. The highest BCUT2D eigenvalue weighted by Gasteiger charge is 2.28. The van der Waals surface area contributed by atoms with Gasteiger partial charge in [0, 0.05) is 43.4 Å². The van der Waals surface area contributed by atoms with Gasteiger partial charge in [-0.25, -0.2) is 13.1 Å². The summed E-state index contributed by atoms with van der Waals surface area (Å²) in [4.78, 5) is 17.6. The van der Waals surface area contributed by atoms with Gasteiger partial charge in [-0.15, -0.1) is 0 Å². The number of aromatic nitrogens is 1. The summed E-state index contributed by atoms with van der Waals surface area (Å²) in [6.07, 6.45) is 4.41. The van der Waals surface area contributed by atoms with E-state index in [2.05, 4.69) is 9.71 Å². The Labute approximate surface area is 172 Å². The van der Waals surface area contributed by atoms with Crippen molar-refractivity contribution in [3.05, 3.63) is 41.7 Å². The molecule has 0 aliphatic carbocycles. The first kappa shape index (κ1) is 21.3. The van der Waals surface area contributed by atoms with Crippen molar-refractivity contribution in [1.29, 1.82) is 0 Å². The molecule has 0 saturated carbocycles. The Morgan fingerprint density at radius 3 is 2.41 bits per heavy atom. The minimum Gasteiger partial charge on any atom is -0.495 e. The molecule has 0 spiro atoms. The van der Waals surface area contributed by atoms with Crippen LogP contribution in [0.1, 0.15) is 30.9 Å². The summed E-state index contributed by atoms with van der Waals surface area (Å²) >= 11 is 0. The summed E-state index contributed by atoms with van der Waals surface area (Å²) in [5.41, 5.74) is 3.17. The number of ether oxygens (including phenoxy) is 1. The molecule has 0 bridgehead atoms. The average Bonchev–Trinajstić information content (AvgIpc) is 2.69. The smallest absolute Gasteiger partial charge is 0.241 e. The molecule has 3 rings (SSSR count). The van der Waals surface area contributed by atoms with Crippen molar-refractivity contribution in [3.63, 3.8) is 0 Å². The number of nitrogens with one attached hydrogen (secondary N) is 1. The van der Waals surface area contributed by atoms with Crippen molar-refractivity contribution in [2.45, 2.75) is 44.6 Å². The van der Waals surface area contributed by atoms with Gasteiger partial charge in [0.25, 0.3) is 0 Å². The lowest BCUT2D eigenvalue weighted by molar-refractivity contribution is -0.129. The molecule has 1 amide bonds. The molecule has 1 aliphatic heterocycles. The van der Waals surface area contributed by atoms with E-state index < -0.39 is 10.0 Å². The number of nitrogens with zero attached hydrogens (tertiary/aromatic N) is 2. The van der Waals surface area contributed by atoms with Gasteiger partial charge in [0.2, 0.25) is 15.9 Å². The van der Waals surface area contributed by atoms with Crippen LogP contribution < -0.4 is 9.46 Å². The van der Waals surface area contributed by atoms with E-state index in [1.807, 2.05) is 19.9 Å². The number of piperidine rings is 1. The molecule has 0 unspecified atom stereocenters. The van der Waals surface area contributed by atoms with Crippen molar-refractivity contribution < 1.29 is 17.9 Å². The Bertz CT molecular complexity index is 1010. The quantitative estimate of drug-likeness (QED) is 0.808. The molecule has 29 heavy (non-hydrogen) atoms. The highest BCUT2D eigenvalue weighted by molar-refractivity contribution is 7.89. The molecule has 2 aromatic rings. The van der Waals surface area contributed by atoms with Crippen LogP contribution in [0.5, 0.6) is 5.75 Å². The molecule has 156 valence electrons.